The smallest absolute Gasteiger partial charge is 0.329 e. The predicted octanol–water partition coefficient (Wildman–Crippen LogP) is 2.19. The fourth-order valence-electron chi connectivity index (χ4n) is 4.07. The Balaban J connectivity index is 1.45. The van der Waals surface area contributed by atoms with Crippen LogP contribution in [0.15, 0.2) is 24.4 Å². The second-order valence-corrected chi connectivity index (χ2v) is 9.05. The zero-order valence-electron chi connectivity index (χ0n) is 17.0. The fourth-order valence-corrected chi connectivity index (χ4v) is 4.92. The van der Waals surface area contributed by atoms with Gasteiger partial charge in [0.25, 0.3) is 5.91 Å². The topological polar surface area (TPSA) is 146 Å². The number of carbonyl (C=O) groups excluding carboxylic acids is 4. The molecule has 0 aliphatic carbocycles. The fraction of sp³-hybridized carbons (Fsp3) is 0.286. The van der Waals surface area contributed by atoms with Gasteiger partial charge < -0.3 is 21.1 Å². The number of aromatic nitrogens is 1. The number of ether oxygens (including phenoxy) is 1. The maximum absolute atomic E-state index is 14.6. The molecule has 0 bridgehead atoms. The lowest BCUT2D eigenvalue weighted by molar-refractivity contribution is -0.152. The van der Waals surface area contributed by atoms with Crippen molar-refractivity contribution in [2.45, 2.75) is 31.3 Å². The van der Waals surface area contributed by atoms with Crippen LogP contribution in [-0.2, 0) is 14.3 Å². The maximum atomic E-state index is 14.6. The number of thiazole rings is 1. The molecule has 0 unspecified atom stereocenters. The monoisotopic (exact) mass is 492 g/mol. The molecule has 0 saturated carbocycles. The third-order valence-electron chi connectivity index (χ3n) is 5.57. The molecular formula is C21H18ClFN4O5S. The molecule has 2 aliphatic rings. The molecule has 2 aromatic rings. The van der Waals surface area contributed by atoms with Crippen molar-refractivity contribution < 1.29 is 28.3 Å². The van der Waals surface area contributed by atoms with E-state index >= 15 is 0 Å². The Hall–Kier alpha value is -3.31. The van der Waals surface area contributed by atoms with Gasteiger partial charge in [0.2, 0.25) is 11.7 Å². The highest BCUT2D eigenvalue weighted by atomic mass is 35.5. The number of ketones is 1. The van der Waals surface area contributed by atoms with Crippen molar-refractivity contribution in [3.05, 3.63) is 50.7 Å². The van der Waals surface area contributed by atoms with Crippen molar-refractivity contribution in [1.82, 2.24) is 9.88 Å². The van der Waals surface area contributed by atoms with Gasteiger partial charge in [-0.2, -0.15) is 0 Å². The van der Waals surface area contributed by atoms with Crippen molar-refractivity contribution >= 4 is 57.8 Å². The molecule has 0 spiro atoms. The minimum Gasteiger partial charge on any atom is -0.456 e. The minimum absolute atomic E-state index is 0.0263. The average molecular weight is 493 g/mol. The Labute approximate surface area is 196 Å². The lowest BCUT2D eigenvalue weighted by Crippen LogP contribution is -2.47. The summed E-state index contributed by atoms with van der Waals surface area (Å²) in [5, 5.41) is -0.127. The quantitative estimate of drug-likeness (QED) is 0.357. The van der Waals surface area contributed by atoms with Crippen LogP contribution >= 0.6 is 22.9 Å². The van der Waals surface area contributed by atoms with Gasteiger partial charge in [-0.05, 0) is 37.0 Å². The summed E-state index contributed by atoms with van der Waals surface area (Å²) in [5.41, 5.74) is 11.7. The predicted molar refractivity (Wildman–Crippen MR) is 118 cm³/mol. The number of esters is 1. The van der Waals surface area contributed by atoms with Crippen LogP contribution in [0.2, 0.25) is 5.02 Å². The van der Waals surface area contributed by atoms with Gasteiger partial charge in [-0.15, -0.1) is 11.3 Å². The molecule has 0 radical (unpaired) electrons. The van der Waals surface area contributed by atoms with Crippen LogP contribution in [0.5, 0.6) is 0 Å². The zero-order valence-corrected chi connectivity index (χ0v) is 18.6. The van der Waals surface area contributed by atoms with Crippen LogP contribution < -0.4 is 11.5 Å². The number of anilines is 1. The summed E-state index contributed by atoms with van der Waals surface area (Å²) < 4.78 is 19.7. The molecule has 4 N–H and O–H groups in total. The van der Waals surface area contributed by atoms with E-state index in [1.807, 2.05) is 0 Å². The van der Waals surface area contributed by atoms with Crippen molar-refractivity contribution in [1.29, 1.82) is 0 Å². The largest absolute Gasteiger partial charge is 0.456 e. The molecule has 3 heterocycles. The van der Waals surface area contributed by atoms with Gasteiger partial charge >= 0.3 is 5.97 Å². The lowest BCUT2D eigenvalue weighted by atomic mass is 9.92. The van der Waals surface area contributed by atoms with Crippen LogP contribution in [0, 0.1) is 5.82 Å². The van der Waals surface area contributed by atoms with Crippen LogP contribution in [-0.4, -0.2) is 52.1 Å². The first-order chi connectivity index (χ1) is 15.7. The van der Waals surface area contributed by atoms with Gasteiger partial charge in [-0.3, -0.25) is 14.4 Å². The van der Waals surface area contributed by atoms with E-state index in [1.165, 1.54) is 29.3 Å². The highest BCUT2D eigenvalue weighted by Crippen LogP contribution is 2.39. The van der Waals surface area contributed by atoms with E-state index in [4.69, 9.17) is 27.8 Å². The first kappa shape index (κ1) is 22.9. The number of halogens is 2. The van der Waals surface area contributed by atoms with E-state index in [9.17, 15) is 23.6 Å². The van der Waals surface area contributed by atoms with Gasteiger partial charge in [0.15, 0.2) is 17.4 Å². The summed E-state index contributed by atoms with van der Waals surface area (Å²) in [6, 6.07) is 1.61. The summed E-state index contributed by atoms with van der Waals surface area (Å²) >= 11 is 6.67. The van der Waals surface area contributed by atoms with Crippen molar-refractivity contribution in [3.63, 3.8) is 0 Å². The number of amides is 2. The molecule has 1 fully saturated rings. The molecule has 1 aromatic carbocycles. The molecule has 4 rings (SSSR count). The van der Waals surface area contributed by atoms with E-state index in [1.54, 1.807) is 0 Å². The number of nitrogens with zero attached hydrogens (tertiary/aromatic N) is 2. The highest BCUT2D eigenvalue weighted by molar-refractivity contribution is 7.15. The Kier molecular flexibility index (Phi) is 6.17. The maximum Gasteiger partial charge on any atom is 0.329 e. The van der Waals surface area contributed by atoms with Crippen molar-refractivity contribution in [3.8, 4) is 0 Å². The third-order valence-corrected chi connectivity index (χ3v) is 6.91. The van der Waals surface area contributed by atoms with E-state index in [-0.39, 0.29) is 32.2 Å². The van der Waals surface area contributed by atoms with E-state index in [2.05, 4.69) is 4.98 Å². The molecule has 33 heavy (non-hydrogen) atoms. The third kappa shape index (κ3) is 4.33. The number of hydrogen-bond acceptors (Lipinski definition) is 8. The number of Topliss-reactive ketones (excluding diaryl/α,β-unsaturated/α-hetero) is 1. The minimum atomic E-state index is -0.864. The van der Waals surface area contributed by atoms with Gasteiger partial charge in [-0.1, -0.05) is 11.6 Å². The number of rotatable bonds is 6. The van der Waals surface area contributed by atoms with E-state index in [0.29, 0.717) is 24.8 Å². The van der Waals surface area contributed by atoms with E-state index in [0.717, 1.165) is 11.3 Å². The highest BCUT2D eigenvalue weighted by Gasteiger charge is 2.44. The summed E-state index contributed by atoms with van der Waals surface area (Å²) in [6.07, 6.45) is 3.57. The second kappa shape index (κ2) is 8.91. The summed E-state index contributed by atoms with van der Waals surface area (Å²) in [6.45, 7) is -0.562. The van der Waals surface area contributed by atoms with Crippen molar-refractivity contribution in [2.24, 2.45) is 5.73 Å². The zero-order chi connectivity index (χ0) is 23.9. The Bertz CT molecular complexity index is 1210. The molecule has 1 saturated heterocycles. The number of nitrogens with two attached hydrogens (primary N) is 2. The number of carbonyl (C=O) groups is 4. The molecule has 172 valence electrons. The number of benzene rings is 1. The number of primary amides is 1. The van der Waals surface area contributed by atoms with Crippen LogP contribution in [0.3, 0.4) is 0 Å². The average Bonchev–Trinajstić information content (AvgIpc) is 3.43. The molecular weight excluding hydrogens is 475 g/mol. The summed E-state index contributed by atoms with van der Waals surface area (Å²) in [7, 11) is 0. The number of hydrogen-bond donors (Lipinski definition) is 2. The Morgan fingerprint density at radius 1 is 1.30 bits per heavy atom. The summed E-state index contributed by atoms with van der Waals surface area (Å²) in [4.78, 5) is 54.1. The Morgan fingerprint density at radius 3 is 2.76 bits per heavy atom. The van der Waals surface area contributed by atoms with E-state index < -0.39 is 42.0 Å². The van der Waals surface area contributed by atoms with Gasteiger partial charge in [0.1, 0.15) is 6.04 Å². The van der Waals surface area contributed by atoms with Crippen LogP contribution in [0.4, 0.5) is 10.1 Å². The molecule has 9 nitrogen and oxygen atoms in total. The molecule has 12 heteroatoms. The van der Waals surface area contributed by atoms with Crippen LogP contribution in [0.1, 0.15) is 44.3 Å². The molecule has 2 aliphatic heterocycles. The number of nitrogen functional groups attached to an aromatic ring is 1. The molecule has 2 atom stereocenters. The Morgan fingerprint density at radius 2 is 2.06 bits per heavy atom. The van der Waals surface area contributed by atoms with Gasteiger partial charge in [0.05, 0.1) is 9.90 Å². The summed E-state index contributed by atoms with van der Waals surface area (Å²) in [5.74, 6) is -3.19. The molecule has 2 amide bonds. The van der Waals surface area contributed by atoms with Crippen molar-refractivity contribution in [2.75, 3.05) is 12.3 Å². The van der Waals surface area contributed by atoms with Gasteiger partial charge in [-0.25, -0.2) is 14.2 Å². The van der Waals surface area contributed by atoms with Crippen LogP contribution in [0.25, 0.3) is 5.57 Å². The second-order valence-electron chi connectivity index (χ2n) is 7.62. The number of fused-ring (bicyclic) bond motifs is 1. The first-order valence-electron chi connectivity index (χ1n) is 9.89. The molecule has 1 aromatic heterocycles. The van der Waals surface area contributed by atoms with Gasteiger partial charge in [0, 0.05) is 29.6 Å². The standard InChI is InChI=1S/C21H18ClFN4O5S/c22-11-2-3-12(24)17(18(11)23)9-5-10-1-4-13(27(10)16(29)6-9)21(31)32-8-14(28)15-7-26-20(33-15)19(25)30/h2-3,6-7,10,13H,1,4-5,8,24H2,(H2,25,30)/t10-,13+/m1/s1. The first-order valence-corrected chi connectivity index (χ1v) is 11.1. The normalized spacial score (nSPS) is 19.8. The SMILES string of the molecule is NC(=O)c1ncc(C(=O)COC(=O)[C@@H]2CC[C@@H]3CC(c4c(N)ccc(Cl)c4F)=CC(=O)N32)s1. The lowest BCUT2D eigenvalue weighted by Gasteiger charge is -2.33.